The van der Waals surface area contributed by atoms with E-state index < -0.39 is 0 Å². The van der Waals surface area contributed by atoms with Crippen LogP contribution < -0.4 is 18.9 Å². The molecule has 0 nitrogen and oxygen atoms in total. The monoisotopic (exact) mass is 92.1 g/mol. The predicted octanol–water partition coefficient (Wildman–Crippen LogP) is -0.595. The SMILES string of the molecule is C[CH-]CCCC.[Li+]. The van der Waals surface area contributed by atoms with Gasteiger partial charge in [0.25, 0.3) is 0 Å². The Morgan fingerprint density at radius 1 is 1.43 bits per heavy atom. The van der Waals surface area contributed by atoms with Crippen LogP contribution in [0.1, 0.15) is 33.1 Å². The summed E-state index contributed by atoms with van der Waals surface area (Å²) >= 11 is 0. The topological polar surface area (TPSA) is 0 Å². The molecule has 0 atom stereocenters. The summed E-state index contributed by atoms with van der Waals surface area (Å²) in [4.78, 5) is 0. The fourth-order valence-corrected chi connectivity index (χ4v) is 0.408. The van der Waals surface area contributed by atoms with Gasteiger partial charge in [-0.15, -0.1) is 0 Å². The molecule has 0 saturated heterocycles. The number of unbranched alkanes of at least 4 members (excludes halogenated alkanes) is 3. The first-order valence-corrected chi connectivity index (χ1v) is 2.69. The van der Waals surface area contributed by atoms with Crippen LogP contribution in [0.2, 0.25) is 0 Å². The molecule has 0 bridgehead atoms. The van der Waals surface area contributed by atoms with E-state index in [4.69, 9.17) is 0 Å². The molecule has 0 rings (SSSR count). The summed E-state index contributed by atoms with van der Waals surface area (Å²) in [6.45, 7) is 4.32. The molecule has 0 amide bonds. The van der Waals surface area contributed by atoms with Crippen LogP contribution in [0.15, 0.2) is 0 Å². The Balaban J connectivity index is 0. The molecular weight excluding hydrogens is 79.0 g/mol. The summed E-state index contributed by atoms with van der Waals surface area (Å²) in [5, 5.41) is 0. The summed E-state index contributed by atoms with van der Waals surface area (Å²) in [5.74, 6) is 0. The first kappa shape index (κ1) is 10.6. The minimum Gasteiger partial charge on any atom is -0.332 e. The molecule has 0 fully saturated rings. The molecule has 0 N–H and O–H groups in total. The largest absolute Gasteiger partial charge is 1.00 e. The van der Waals surface area contributed by atoms with Gasteiger partial charge in [0.1, 0.15) is 0 Å². The average molecular weight is 92.1 g/mol. The molecule has 0 aromatic rings. The Kier molecular flexibility index (Phi) is 14.7. The molecule has 0 aliphatic rings. The van der Waals surface area contributed by atoms with Crippen LogP contribution >= 0.6 is 0 Å². The van der Waals surface area contributed by atoms with Crippen molar-refractivity contribution < 1.29 is 18.9 Å². The molecule has 38 valence electrons. The van der Waals surface area contributed by atoms with Crippen LogP contribution in [0.3, 0.4) is 0 Å². The molecule has 0 aliphatic carbocycles. The molecule has 0 aliphatic heterocycles. The number of hydrogen-bond acceptors (Lipinski definition) is 0. The van der Waals surface area contributed by atoms with Gasteiger partial charge in [0, 0.05) is 0 Å². The molecule has 0 unspecified atom stereocenters. The molecule has 0 aromatic carbocycles. The molecule has 1 heteroatoms. The summed E-state index contributed by atoms with van der Waals surface area (Å²) < 4.78 is 0. The molecular formula is C6H13Li. The Bertz CT molecular complexity index is 16.1. The molecule has 0 saturated carbocycles. The van der Waals surface area contributed by atoms with Crippen molar-refractivity contribution in [2.75, 3.05) is 0 Å². The van der Waals surface area contributed by atoms with E-state index in [0.29, 0.717) is 0 Å². The van der Waals surface area contributed by atoms with Crippen LogP contribution in [0.4, 0.5) is 0 Å². The van der Waals surface area contributed by atoms with E-state index in [1.807, 2.05) is 0 Å². The molecule has 0 heterocycles. The Hall–Kier alpha value is 0.597. The van der Waals surface area contributed by atoms with Crippen LogP contribution in [-0.2, 0) is 0 Å². The van der Waals surface area contributed by atoms with Crippen molar-refractivity contribution in [3.63, 3.8) is 0 Å². The van der Waals surface area contributed by atoms with Gasteiger partial charge in [0.05, 0.1) is 0 Å². The van der Waals surface area contributed by atoms with E-state index in [2.05, 4.69) is 20.3 Å². The average Bonchev–Trinajstić information content (AvgIpc) is 1.61. The quantitative estimate of drug-likeness (QED) is 0.248. The van der Waals surface area contributed by atoms with E-state index in [1.165, 1.54) is 19.3 Å². The Morgan fingerprint density at radius 3 is 2.14 bits per heavy atom. The van der Waals surface area contributed by atoms with Gasteiger partial charge in [0.2, 0.25) is 0 Å². The molecule has 0 aromatic heterocycles. The second-order valence-corrected chi connectivity index (χ2v) is 1.55. The summed E-state index contributed by atoms with van der Waals surface area (Å²) in [6, 6.07) is 0. The van der Waals surface area contributed by atoms with Gasteiger partial charge in [0.15, 0.2) is 0 Å². The van der Waals surface area contributed by atoms with E-state index in [0.717, 1.165) is 0 Å². The van der Waals surface area contributed by atoms with Gasteiger partial charge in [-0.3, -0.25) is 0 Å². The molecule has 7 heavy (non-hydrogen) atoms. The number of hydrogen-bond donors (Lipinski definition) is 0. The first-order valence-electron chi connectivity index (χ1n) is 2.69. The van der Waals surface area contributed by atoms with Crippen LogP contribution in [-0.4, -0.2) is 0 Å². The zero-order valence-electron chi connectivity index (χ0n) is 5.70. The normalized spacial score (nSPS) is 7.71. The third kappa shape index (κ3) is 10.8. The van der Waals surface area contributed by atoms with Gasteiger partial charge in [-0.25, -0.2) is 0 Å². The maximum atomic E-state index is 2.21. The minimum atomic E-state index is 0. The first-order chi connectivity index (χ1) is 2.91. The zero-order chi connectivity index (χ0) is 4.83. The third-order valence-corrected chi connectivity index (χ3v) is 0.846. The van der Waals surface area contributed by atoms with E-state index in [9.17, 15) is 0 Å². The maximum Gasteiger partial charge on any atom is 1.00 e. The number of rotatable bonds is 3. The smallest absolute Gasteiger partial charge is 0.332 e. The van der Waals surface area contributed by atoms with Crippen molar-refractivity contribution in [3.8, 4) is 0 Å². The Labute approximate surface area is 58.9 Å². The van der Waals surface area contributed by atoms with Crippen molar-refractivity contribution in [1.82, 2.24) is 0 Å². The fraction of sp³-hybridized carbons (Fsp3) is 0.833. The van der Waals surface area contributed by atoms with Crippen molar-refractivity contribution in [3.05, 3.63) is 6.42 Å². The second kappa shape index (κ2) is 9.78. The maximum absolute atomic E-state index is 2.21. The van der Waals surface area contributed by atoms with E-state index in [-0.39, 0.29) is 18.9 Å². The summed E-state index contributed by atoms with van der Waals surface area (Å²) in [5.41, 5.74) is 0. The standard InChI is InChI=1S/C6H13.Li/c1-3-5-6-4-2;/h3H,4-6H2,1-2H3;/q-1;+1. The minimum absolute atomic E-state index is 0. The fourth-order valence-electron chi connectivity index (χ4n) is 0.408. The van der Waals surface area contributed by atoms with Crippen molar-refractivity contribution in [2.45, 2.75) is 33.1 Å². The molecule has 0 spiro atoms. The zero-order valence-corrected chi connectivity index (χ0v) is 5.70. The summed E-state index contributed by atoms with van der Waals surface area (Å²) in [7, 11) is 0. The van der Waals surface area contributed by atoms with Crippen molar-refractivity contribution >= 4 is 0 Å². The van der Waals surface area contributed by atoms with Crippen molar-refractivity contribution in [2.24, 2.45) is 0 Å². The Morgan fingerprint density at radius 2 is 2.00 bits per heavy atom. The van der Waals surface area contributed by atoms with Gasteiger partial charge >= 0.3 is 18.9 Å². The van der Waals surface area contributed by atoms with Crippen LogP contribution in [0.5, 0.6) is 0 Å². The summed E-state index contributed by atoms with van der Waals surface area (Å²) in [6.07, 6.45) is 6.18. The predicted molar refractivity (Wildman–Crippen MR) is 29.5 cm³/mol. The van der Waals surface area contributed by atoms with Crippen LogP contribution in [0, 0.1) is 6.42 Å². The second-order valence-electron chi connectivity index (χ2n) is 1.55. The van der Waals surface area contributed by atoms with Gasteiger partial charge < -0.3 is 6.42 Å². The molecule has 0 radical (unpaired) electrons. The van der Waals surface area contributed by atoms with Gasteiger partial charge in [-0.05, 0) is 0 Å². The van der Waals surface area contributed by atoms with Gasteiger partial charge in [-0.2, -0.15) is 13.3 Å². The van der Waals surface area contributed by atoms with Gasteiger partial charge in [-0.1, -0.05) is 19.8 Å². The third-order valence-electron chi connectivity index (χ3n) is 0.846. The van der Waals surface area contributed by atoms with E-state index >= 15 is 0 Å². The van der Waals surface area contributed by atoms with Crippen molar-refractivity contribution in [1.29, 1.82) is 0 Å². The van der Waals surface area contributed by atoms with Crippen LogP contribution in [0.25, 0.3) is 0 Å². The van der Waals surface area contributed by atoms with E-state index in [1.54, 1.807) is 0 Å².